The summed E-state index contributed by atoms with van der Waals surface area (Å²) in [5.74, 6) is 0. The molecule has 108 valence electrons. The van der Waals surface area contributed by atoms with E-state index in [4.69, 9.17) is 0 Å². The van der Waals surface area contributed by atoms with Crippen molar-refractivity contribution in [3.05, 3.63) is 51.5 Å². The molecule has 2 rings (SSSR count). The number of nitrogens with zero attached hydrogens (tertiary/aromatic N) is 1. The van der Waals surface area contributed by atoms with Gasteiger partial charge in [0.05, 0.1) is 0 Å². The molecule has 2 aromatic rings. The van der Waals surface area contributed by atoms with Gasteiger partial charge in [-0.3, -0.25) is 0 Å². The van der Waals surface area contributed by atoms with Gasteiger partial charge in [-0.25, -0.2) is 4.98 Å². The first kappa shape index (κ1) is 15.2. The summed E-state index contributed by atoms with van der Waals surface area (Å²) in [6.07, 6.45) is 3.06. The average molecular weight is 288 g/mol. The van der Waals surface area contributed by atoms with Crippen molar-refractivity contribution < 1.29 is 0 Å². The van der Waals surface area contributed by atoms with E-state index in [1.54, 1.807) is 11.3 Å². The lowest BCUT2D eigenvalue weighted by molar-refractivity contribution is 0.589. The predicted molar refractivity (Wildman–Crippen MR) is 87.2 cm³/mol. The third kappa shape index (κ3) is 4.15. The molecule has 0 spiro atoms. The van der Waals surface area contributed by atoms with Gasteiger partial charge in [0.2, 0.25) is 0 Å². The van der Waals surface area contributed by atoms with Crippen LogP contribution in [-0.2, 0) is 24.9 Å². The van der Waals surface area contributed by atoms with Gasteiger partial charge in [-0.15, -0.1) is 11.3 Å². The van der Waals surface area contributed by atoms with Crippen LogP contribution in [-0.4, -0.2) is 4.98 Å². The quantitative estimate of drug-likeness (QED) is 0.887. The molecule has 0 saturated carbocycles. The summed E-state index contributed by atoms with van der Waals surface area (Å²) in [5, 5.41) is 4.64. The first-order valence-electron chi connectivity index (χ1n) is 7.22. The van der Waals surface area contributed by atoms with Crippen LogP contribution < -0.4 is 5.32 Å². The zero-order valence-electron chi connectivity index (χ0n) is 12.9. The van der Waals surface area contributed by atoms with Gasteiger partial charge in [0.15, 0.2) is 0 Å². The SMILES string of the molecule is CCc1cnc(CNCc2ccc(C(C)(C)C)cc2)s1. The van der Waals surface area contributed by atoms with Crippen molar-refractivity contribution >= 4 is 11.3 Å². The molecular formula is C17H24N2S. The molecule has 0 aliphatic carbocycles. The zero-order chi connectivity index (χ0) is 14.6. The maximum Gasteiger partial charge on any atom is 0.107 e. The van der Waals surface area contributed by atoms with E-state index < -0.39 is 0 Å². The maximum absolute atomic E-state index is 4.42. The van der Waals surface area contributed by atoms with Crippen molar-refractivity contribution in [2.45, 2.75) is 52.6 Å². The largest absolute Gasteiger partial charge is 0.306 e. The molecule has 0 aliphatic heterocycles. The summed E-state index contributed by atoms with van der Waals surface area (Å²) in [6, 6.07) is 8.89. The summed E-state index contributed by atoms with van der Waals surface area (Å²) >= 11 is 1.80. The number of nitrogens with one attached hydrogen (secondary N) is 1. The van der Waals surface area contributed by atoms with E-state index in [9.17, 15) is 0 Å². The number of benzene rings is 1. The van der Waals surface area contributed by atoms with Gasteiger partial charge < -0.3 is 5.32 Å². The summed E-state index contributed by atoms with van der Waals surface area (Å²) < 4.78 is 0. The van der Waals surface area contributed by atoms with Crippen molar-refractivity contribution in [3.63, 3.8) is 0 Å². The molecule has 2 nitrogen and oxygen atoms in total. The molecule has 0 fully saturated rings. The van der Waals surface area contributed by atoms with E-state index in [1.807, 2.05) is 6.20 Å². The number of aryl methyl sites for hydroxylation is 1. The highest BCUT2D eigenvalue weighted by Gasteiger charge is 2.12. The van der Waals surface area contributed by atoms with Crippen LogP contribution in [0.2, 0.25) is 0 Å². The highest BCUT2D eigenvalue weighted by atomic mass is 32.1. The van der Waals surface area contributed by atoms with Crippen LogP contribution in [0.3, 0.4) is 0 Å². The highest BCUT2D eigenvalue weighted by Crippen LogP contribution is 2.22. The number of hydrogen-bond donors (Lipinski definition) is 1. The van der Waals surface area contributed by atoms with Crippen molar-refractivity contribution in [3.8, 4) is 0 Å². The Morgan fingerprint density at radius 1 is 1.10 bits per heavy atom. The minimum atomic E-state index is 0.226. The lowest BCUT2D eigenvalue weighted by Crippen LogP contribution is -2.14. The molecule has 0 aliphatic rings. The Kier molecular flexibility index (Phi) is 4.95. The smallest absolute Gasteiger partial charge is 0.107 e. The molecule has 20 heavy (non-hydrogen) atoms. The molecule has 0 radical (unpaired) electrons. The van der Waals surface area contributed by atoms with E-state index in [-0.39, 0.29) is 5.41 Å². The molecule has 0 unspecified atom stereocenters. The van der Waals surface area contributed by atoms with Crippen LogP contribution in [0.4, 0.5) is 0 Å². The summed E-state index contributed by atoms with van der Waals surface area (Å²) in [7, 11) is 0. The standard InChI is InChI=1S/C17H24N2S/c1-5-15-11-19-16(20-15)12-18-10-13-6-8-14(9-7-13)17(2,3)4/h6-9,11,18H,5,10,12H2,1-4H3. The predicted octanol–water partition coefficient (Wildman–Crippen LogP) is 4.29. The number of thiazole rings is 1. The molecule has 1 aromatic heterocycles. The first-order chi connectivity index (χ1) is 9.49. The van der Waals surface area contributed by atoms with Crippen molar-refractivity contribution in [1.82, 2.24) is 10.3 Å². The summed E-state index contributed by atoms with van der Waals surface area (Å²) in [4.78, 5) is 5.78. The summed E-state index contributed by atoms with van der Waals surface area (Å²) in [6.45, 7) is 10.6. The van der Waals surface area contributed by atoms with E-state index in [2.05, 4.69) is 62.3 Å². The van der Waals surface area contributed by atoms with E-state index in [1.165, 1.54) is 21.0 Å². The lowest BCUT2D eigenvalue weighted by atomic mass is 9.87. The van der Waals surface area contributed by atoms with Gasteiger partial charge in [0.1, 0.15) is 5.01 Å². The Morgan fingerprint density at radius 3 is 2.35 bits per heavy atom. The monoisotopic (exact) mass is 288 g/mol. The Bertz CT molecular complexity index is 535. The lowest BCUT2D eigenvalue weighted by Gasteiger charge is -2.19. The molecule has 3 heteroatoms. The molecular weight excluding hydrogens is 264 g/mol. The van der Waals surface area contributed by atoms with E-state index in [0.29, 0.717) is 0 Å². The Hall–Kier alpha value is -1.19. The van der Waals surface area contributed by atoms with Gasteiger partial charge in [-0.2, -0.15) is 0 Å². The topological polar surface area (TPSA) is 24.9 Å². The van der Waals surface area contributed by atoms with Gasteiger partial charge in [-0.05, 0) is 23.0 Å². The molecule has 0 atom stereocenters. The normalized spacial score (nSPS) is 11.8. The fourth-order valence-electron chi connectivity index (χ4n) is 2.03. The second-order valence-corrected chi connectivity index (χ2v) is 7.32. The van der Waals surface area contributed by atoms with Crippen LogP contribution >= 0.6 is 11.3 Å². The number of aromatic nitrogens is 1. The van der Waals surface area contributed by atoms with Gasteiger partial charge in [0.25, 0.3) is 0 Å². The fraction of sp³-hybridized carbons (Fsp3) is 0.471. The van der Waals surface area contributed by atoms with Crippen molar-refractivity contribution in [1.29, 1.82) is 0 Å². The Labute approximate surface area is 126 Å². The second kappa shape index (κ2) is 6.51. The molecule has 0 bridgehead atoms. The first-order valence-corrected chi connectivity index (χ1v) is 8.04. The maximum atomic E-state index is 4.42. The summed E-state index contributed by atoms with van der Waals surface area (Å²) in [5.41, 5.74) is 2.93. The van der Waals surface area contributed by atoms with Crippen LogP contribution in [0.25, 0.3) is 0 Å². The Morgan fingerprint density at radius 2 is 1.80 bits per heavy atom. The number of hydrogen-bond acceptors (Lipinski definition) is 3. The third-order valence-electron chi connectivity index (χ3n) is 3.38. The van der Waals surface area contributed by atoms with Gasteiger partial charge in [0, 0.05) is 24.2 Å². The van der Waals surface area contributed by atoms with Crippen LogP contribution in [0.15, 0.2) is 30.5 Å². The molecule has 1 N–H and O–H groups in total. The fourth-order valence-corrected chi connectivity index (χ4v) is 2.86. The zero-order valence-corrected chi connectivity index (χ0v) is 13.7. The van der Waals surface area contributed by atoms with E-state index >= 15 is 0 Å². The van der Waals surface area contributed by atoms with E-state index in [0.717, 1.165) is 19.5 Å². The highest BCUT2D eigenvalue weighted by molar-refractivity contribution is 7.11. The van der Waals surface area contributed by atoms with Crippen molar-refractivity contribution in [2.75, 3.05) is 0 Å². The van der Waals surface area contributed by atoms with Gasteiger partial charge >= 0.3 is 0 Å². The van der Waals surface area contributed by atoms with Crippen LogP contribution in [0.1, 0.15) is 48.7 Å². The van der Waals surface area contributed by atoms with Crippen LogP contribution in [0.5, 0.6) is 0 Å². The number of rotatable bonds is 5. The Balaban J connectivity index is 1.85. The molecule has 0 saturated heterocycles. The van der Waals surface area contributed by atoms with Gasteiger partial charge in [-0.1, -0.05) is 52.0 Å². The molecule has 0 amide bonds. The minimum absolute atomic E-state index is 0.226. The molecule has 1 heterocycles. The molecule has 1 aromatic carbocycles. The van der Waals surface area contributed by atoms with Crippen LogP contribution in [0, 0.1) is 0 Å². The second-order valence-electron chi connectivity index (χ2n) is 6.12. The third-order valence-corrected chi connectivity index (χ3v) is 4.52. The van der Waals surface area contributed by atoms with Crippen molar-refractivity contribution in [2.24, 2.45) is 0 Å². The average Bonchev–Trinajstić information content (AvgIpc) is 2.86. The minimum Gasteiger partial charge on any atom is -0.306 e.